The number of H-pyrrole nitrogens is 1. The van der Waals surface area contributed by atoms with Gasteiger partial charge in [0.25, 0.3) is 5.91 Å². The highest BCUT2D eigenvalue weighted by Crippen LogP contribution is 2.40. The Bertz CT molecular complexity index is 1650. The number of carbonyl (C=O) groups excluding carboxylic acids is 1. The van der Waals surface area contributed by atoms with Crippen molar-refractivity contribution in [1.82, 2.24) is 25.5 Å². The Morgan fingerprint density at radius 3 is 2.70 bits per heavy atom. The number of benzene rings is 2. The molecule has 1 atom stereocenters. The van der Waals surface area contributed by atoms with Gasteiger partial charge in [-0.05, 0) is 43.2 Å². The van der Waals surface area contributed by atoms with Crippen LogP contribution in [0.5, 0.6) is 5.75 Å². The van der Waals surface area contributed by atoms with Gasteiger partial charge in [0, 0.05) is 18.2 Å². The molecule has 0 saturated heterocycles. The maximum absolute atomic E-state index is 14.4. The van der Waals surface area contributed by atoms with E-state index in [1.165, 1.54) is 41.6 Å². The molecule has 2 aromatic heterocycles. The predicted octanol–water partition coefficient (Wildman–Crippen LogP) is 6.23. The van der Waals surface area contributed by atoms with E-state index in [0.717, 1.165) is 12.1 Å². The second-order valence-corrected chi connectivity index (χ2v) is 9.75. The number of halogens is 5. The van der Waals surface area contributed by atoms with Crippen molar-refractivity contribution in [2.75, 3.05) is 13.2 Å². The van der Waals surface area contributed by atoms with Gasteiger partial charge < -0.3 is 19.6 Å². The average Bonchev–Trinajstić information content (AvgIpc) is 3.63. The van der Waals surface area contributed by atoms with E-state index < -0.39 is 35.3 Å². The average molecular weight is 603 g/mol. The SMILES string of the molecule is CCCNC(=O)C(c1cc(-c2ccc(OCCC)cc2C(F)(F)F)no1)N1Cc2nc(-c3cccc(F)c3F)[nH]c2C=N1. The van der Waals surface area contributed by atoms with E-state index in [1.54, 1.807) is 0 Å². The standard InChI is InChI=1S/C29H27F5N6O3/c1-3-10-35-28(41)26(40-15-23-22(14-36-40)37-27(38-23)18-6-5-7-20(30)25(18)31)24-13-21(39-43-24)17-9-8-16(42-11-4-2)12-19(17)29(32,33)34/h5-9,12-14,26H,3-4,10-11,15H2,1-2H3,(H,35,41)(H,37,38). The van der Waals surface area contributed by atoms with Crippen molar-refractivity contribution in [1.29, 1.82) is 0 Å². The first-order valence-electron chi connectivity index (χ1n) is 13.5. The van der Waals surface area contributed by atoms with Gasteiger partial charge in [-0.2, -0.15) is 18.3 Å². The normalized spacial score (nSPS) is 13.6. The van der Waals surface area contributed by atoms with Crippen LogP contribution in [-0.4, -0.2) is 45.4 Å². The number of ether oxygens (including phenoxy) is 1. The van der Waals surface area contributed by atoms with Gasteiger partial charge in [-0.3, -0.25) is 9.80 Å². The van der Waals surface area contributed by atoms with Gasteiger partial charge in [-0.15, -0.1) is 0 Å². The molecule has 1 aliphatic heterocycles. The number of carbonyl (C=O) groups is 1. The molecule has 5 rings (SSSR count). The lowest BCUT2D eigenvalue weighted by Crippen LogP contribution is -2.39. The van der Waals surface area contributed by atoms with Crippen molar-refractivity contribution in [3.8, 4) is 28.4 Å². The summed E-state index contributed by atoms with van der Waals surface area (Å²) in [5.74, 6) is -2.57. The van der Waals surface area contributed by atoms with Crippen molar-refractivity contribution in [3.05, 3.63) is 76.8 Å². The molecule has 4 aromatic rings. The number of imidazole rings is 1. The smallest absolute Gasteiger partial charge is 0.417 e. The molecule has 14 heteroatoms. The van der Waals surface area contributed by atoms with Gasteiger partial charge in [0.05, 0.1) is 41.9 Å². The van der Waals surface area contributed by atoms with Crippen molar-refractivity contribution in [2.24, 2.45) is 5.10 Å². The summed E-state index contributed by atoms with van der Waals surface area (Å²) in [6.07, 6.45) is -2.11. The molecule has 43 heavy (non-hydrogen) atoms. The summed E-state index contributed by atoms with van der Waals surface area (Å²) in [4.78, 5) is 20.6. The highest BCUT2D eigenvalue weighted by molar-refractivity contribution is 5.85. The van der Waals surface area contributed by atoms with Crippen molar-refractivity contribution in [2.45, 2.75) is 45.5 Å². The topological polar surface area (TPSA) is 109 Å². The predicted molar refractivity (Wildman–Crippen MR) is 146 cm³/mol. The number of rotatable bonds is 10. The fourth-order valence-corrected chi connectivity index (χ4v) is 4.54. The van der Waals surface area contributed by atoms with Gasteiger partial charge in [-0.1, -0.05) is 25.1 Å². The summed E-state index contributed by atoms with van der Waals surface area (Å²) >= 11 is 0. The Morgan fingerprint density at radius 1 is 1.14 bits per heavy atom. The molecule has 0 aliphatic carbocycles. The number of hydrogen-bond acceptors (Lipinski definition) is 7. The van der Waals surface area contributed by atoms with E-state index in [-0.39, 0.29) is 47.3 Å². The van der Waals surface area contributed by atoms with E-state index in [4.69, 9.17) is 9.26 Å². The van der Waals surface area contributed by atoms with Crippen LogP contribution in [0.1, 0.15) is 55.4 Å². The Balaban J connectivity index is 1.47. The number of nitrogens with one attached hydrogen (secondary N) is 2. The lowest BCUT2D eigenvalue weighted by atomic mass is 10.0. The Labute approximate surface area is 242 Å². The lowest BCUT2D eigenvalue weighted by molar-refractivity contribution is -0.137. The van der Waals surface area contributed by atoms with Crippen LogP contribution in [0.25, 0.3) is 22.6 Å². The molecule has 9 nitrogen and oxygen atoms in total. The quantitative estimate of drug-likeness (QED) is 0.208. The van der Waals surface area contributed by atoms with E-state index in [2.05, 4.69) is 25.5 Å². The maximum Gasteiger partial charge on any atom is 0.417 e. The molecule has 0 saturated carbocycles. The Morgan fingerprint density at radius 2 is 1.95 bits per heavy atom. The summed E-state index contributed by atoms with van der Waals surface area (Å²) in [5.41, 5.74) is -0.648. The first-order chi connectivity index (χ1) is 20.6. The number of hydrazone groups is 1. The zero-order valence-electron chi connectivity index (χ0n) is 23.1. The molecule has 2 N–H and O–H groups in total. The minimum Gasteiger partial charge on any atom is -0.494 e. The third-order valence-electron chi connectivity index (χ3n) is 6.60. The largest absolute Gasteiger partial charge is 0.494 e. The molecule has 0 fully saturated rings. The van der Waals surface area contributed by atoms with Crippen LogP contribution in [-0.2, 0) is 17.5 Å². The first kappa shape index (κ1) is 29.7. The first-order valence-corrected chi connectivity index (χ1v) is 13.5. The summed E-state index contributed by atoms with van der Waals surface area (Å²) in [6.45, 7) is 4.22. The Kier molecular flexibility index (Phi) is 8.46. The van der Waals surface area contributed by atoms with Crippen LogP contribution in [0.15, 0.2) is 52.1 Å². The number of fused-ring (bicyclic) bond motifs is 1. The Hall–Kier alpha value is -4.75. The van der Waals surface area contributed by atoms with Crippen molar-refractivity contribution >= 4 is 12.1 Å². The van der Waals surface area contributed by atoms with Gasteiger partial charge in [0.2, 0.25) is 0 Å². The maximum atomic E-state index is 14.4. The van der Waals surface area contributed by atoms with Gasteiger partial charge in [-0.25, -0.2) is 13.8 Å². The van der Waals surface area contributed by atoms with Crippen LogP contribution in [0.3, 0.4) is 0 Å². The van der Waals surface area contributed by atoms with Crippen LogP contribution < -0.4 is 10.1 Å². The summed E-state index contributed by atoms with van der Waals surface area (Å²) < 4.78 is 81.1. The summed E-state index contributed by atoms with van der Waals surface area (Å²) in [7, 11) is 0. The minimum atomic E-state index is -4.72. The third kappa shape index (κ3) is 6.22. The number of hydrogen-bond donors (Lipinski definition) is 2. The molecule has 0 radical (unpaired) electrons. The van der Waals surface area contributed by atoms with Crippen LogP contribution in [0.4, 0.5) is 22.0 Å². The van der Waals surface area contributed by atoms with Gasteiger partial charge >= 0.3 is 6.18 Å². The van der Waals surface area contributed by atoms with Crippen molar-refractivity contribution in [3.63, 3.8) is 0 Å². The number of nitrogens with zero attached hydrogens (tertiary/aromatic N) is 4. The van der Waals surface area contributed by atoms with Crippen molar-refractivity contribution < 1.29 is 36.0 Å². The zero-order valence-corrected chi connectivity index (χ0v) is 23.1. The molecule has 1 unspecified atom stereocenters. The molecule has 2 aromatic carbocycles. The molecule has 226 valence electrons. The molecule has 1 aliphatic rings. The molecular formula is C29H27F5N6O3. The molecular weight excluding hydrogens is 575 g/mol. The molecule has 0 bridgehead atoms. The highest BCUT2D eigenvalue weighted by Gasteiger charge is 2.37. The summed E-state index contributed by atoms with van der Waals surface area (Å²) in [5, 5.41) is 12.3. The van der Waals surface area contributed by atoms with E-state index in [0.29, 0.717) is 30.8 Å². The van der Waals surface area contributed by atoms with Gasteiger partial charge in [0.15, 0.2) is 23.4 Å². The number of aromatic amines is 1. The van der Waals surface area contributed by atoms with E-state index in [9.17, 15) is 26.7 Å². The monoisotopic (exact) mass is 602 g/mol. The second kappa shape index (κ2) is 12.2. The van der Waals surface area contributed by atoms with Gasteiger partial charge in [0.1, 0.15) is 17.3 Å². The van der Waals surface area contributed by atoms with E-state index in [1.807, 2.05) is 13.8 Å². The highest BCUT2D eigenvalue weighted by atomic mass is 19.4. The minimum absolute atomic E-state index is 0.0588. The van der Waals surface area contributed by atoms with Crippen LogP contribution in [0, 0.1) is 11.6 Å². The summed E-state index contributed by atoms with van der Waals surface area (Å²) in [6, 6.07) is 7.28. The second-order valence-electron chi connectivity index (χ2n) is 9.75. The van der Waals surface area contributed by atoms with Crippen LogP contribution >= 0.6 is 0 Å². The zero-order chi connectivity index (χ0) is 30.7. The van der Waals surface area contributed by atoms with Crippen LogP contribution in [0.2, 0.25) is 0 Å². The number of alkyl halides is 3. The third-order valence-corrected chi connectivity index (χ3v) is 6.60. The fraction of sp³-hybridized carbons (Fsp3) is 0.310. The molecule has 0 spiro atoms. The number of amides is 1. The number of aromatic nitrogens is 3. The fourth-order valence-electron chi connectivity index (χ4n) is 4.54. The van der Waals surface area contributed by atoms with E-state index >= 15 is 0 Å². The molecule has 3 heterocycles. The lowest BCUT2D eigenvalue weighted by Gasteiger charge is -2.27. The molecule has 1 amide bonds.